The molecule has 0 aliphatic rings. The lowest BCUT2D eigenvalue weighted by Crippen LogP contribution is -2.37. The van der Waals surface area contributed by atoms with Crippen LogP contribution in [0.15, 0.2) is 47.5 Å². The number of hydrogen-bond acceptors (Lipinski definition) is 3. The second-order valence-corrected chi connectivity index (χ2v) is 6.38. The fourth-order valence-corrected chi connectivity index (χ4v) is 2.79. The maximum Gasteiger partial charge on any atom is 0.221 e. The van der Waals surface area contributed by atoms with E-state index in [4.69, 9.17) is 16.3 Å². The van der Waals surface area contributed by atoms with E-state index in [1.165, 1.54) is 12.5 Å². The highest BCUT2D eigenvalue weighted by atomic mass is 35.5. The molecular weight excluding hydrogens is 364 g/mol. The molecule has 0 aromatic heterocycles. The second-order valence-electron chi connectivity index (χ2n) is 5.95. The number of methoxy groups -OCH3 is 1. The Bertz CT molecular complexity index is 808. The van der Waals surface area contributed by atoms with Crippen molar-refractivity contribution in [2.24, 2.45) is 4.99 Å². The molecule has 1 amide bonds. The van der Waals surface area contributed by atoms with Gasteiger partial charge in [0.1, 0.15) is 5.75 Å². The lowest BCUT2D eigenvalue weighted by Gasteiger charge is -2.14. The third-order valence-electron chi connectivity index (χ3n) is 3.85. The molecule has 0 spiro atoms. The molecule has 2 aromatic carbocycles. The van der Waals surface area contributed by atoms with Crippen molar-refractivity contribution >= 4 is 29.2 Å². The molecule has 0 saturated heterocycles. The predicted octanol–water partition coefficient (Wildman–Crippen LogP) is 3.21. The molecule has 0 aliphatic carbocycles. The highest BCUT2D eigenvalue weighted by molar-refractivity contribution is 6.30. The average molecular weight is 389 g/mol. The molecule has 0 unspecified atom stereocenters. The Balaban J connectivity index is 1.88. The lowest BCUT2D eigenvalue weighted by molar-refractivity contribution is -0.114. The SMILES string of the molecule is CN=C(NCCc1cccc(Cl)c1)NCc1ccc(OC)c(NC(C)=O)c1. The van der Waals surface area contributed by atoms with Crippen LogP contribution in [0.1, 0.15) is 18.1 Å². The van der Waals surface area contributed by atoms with Gasteiger partial charge in [0.05, 0.1) is 12.8 Å². The van der Waals surface area contributed by atoms with E-state index in [-0.39, 0.29) is 5.91 Å². The fraction of sp³-hybridized carbons (Fsp3) is 0.300. The zero-order valence-electron chi connectivity index (χ0n) is 15.8. The van der Waals surface area contributed by atoms with Gasteiger partial charge in [-0.25, -0.2) is 0 Å². The zero-order valence-corrected chi connectivity index (χ0v) is 16.6. The van der Waals surface area contributed by atoms with Gasteiger partial charge in [0.15, 0.2) is 5.96 Å². The molecule has 2 rings (SSSR count). The largest absolute Gasteiger partial charge is 0.495 e. The van der Waals surface area contributed by atoms with E-state index in [2.05, 4.69) is 20.9 Å². The van der Waals surface area contributed by atoms with Crippen molar-refractivity contribution in [1.82, 2.24) is 10.6 Å². The van der Waals surface area contributed by atoms with Crippen molar-refractivity contribution in [3.05, 3.63) is 58.6 Å². The summed E-state index contributed by atoms with van der Waals surface area (Å²) in [6, 6.07) is 13.5. The van der Waals surface area contributed by atoms with Crippen molar-refractivity contribution in [1.29, 1.82) is 0 Å². The quantitative estimate of drug-likeness (QED) is 0.503. The van der Waals surface area contributed by atoms with Crippen LogP contribution < -0.4 is 20.7 Å². The van der Waals surface area contributed by atoms with Gasteiger partial charge in [-0.1, -0.05) is 29.8 Å². The number of anilines is 1. The Labute approximate surface area is 165 Å². The van der Waals surface area contributed by atoms with E-state index in [1.54, 1.807) is 14.2 Å². The van der Waals surface area contributed by atoms with Crippen LogP contribution in [-0.4, -0.2) is 32.6 Å². The highest BCUT2D eigenvalue weighted by Crippen LogP contribution is 2.25. The second kappa shape index (κ2) is 10.4. The van der Waals surface area contributed by atoms with Gasteiger partial charge in [0.2, 0.25) is 5.91 Å². The van der Waals surface area contributed by atoms with E-state index >= 15 is 0 Å². The molecule has 2 aromatic rings. The Kier molecular flexibility index (Phi) is 7.95. The van der Waals surface area contributed by atoms with Crippen LogP contribution in [0.4, 0.5) is 5.69 Å². The predicted molar refractivity (Wildman–Crippen MR) is 111 cm³/mol. The molecule has 7 heteroatoms. The van der Waals surface area contributed by atoms with Gasteiger partial charge in [0, 0.05) is 32.1 Å². The summed E-state index contributed by atoms with van der Waals surface area (Å²) < 4.78 is 5.27. The van der Waals surface area contributed by atoms with Gasteiger partial charge in [0.25, 0.3) is 0 Å². The molecule has 3 N–H and O–H groups in total. The van der Waals surface area contributed by atoms with Crippen LogP contribution in [0.5, 0.6) is 5.75 Å². The maximum absolute atomic E-state index is 11.3. The summed E-state index contributed by atoms with van der Waals surface area (Å²) in [6.45, 7) is 2.77. The molecule has 6 nitrogen and oxygen atoms in total. The van der Waals surface area contributed by atoms with Crippen LogP contribution >= 0.6 is 11.6 Å². The topological polar surface area (TPSA) is 74.8 Å². The fourth-order valence-electron chi connectivity index (χ4n) is 2.58. The maximum atomic E-state index is 11.3. The summed E-state index contributed by atoms with van der Waals surface area (Å²) in [7, 11) is 3.30. The van der Waals surface area contributed by atoms with Crippen LogP contribution in [0.2, 0.25) is 5.02 Å². The Morgan fingerprint density at radius 3 is 2.63 bits per heavy atom. The minimum Gasteiger partial charge on any atom is -0.495 e. The Hall–Kier alpha value is -2.73. The minimum atomic E-state index is -0.142. The third kappa shape index (κ3) is 6.83. The standard InChI is InChI=1S/C20H25ClN4O2/c1-14(26)25-18-12-16(7-8-19(18)27-3)13-24-20(22-2)23-10-9-15-5-4-6-17(21)11-15/h4-8,11-12H,9-10,13H2,1-3H3,(H,25,26)(H2,22,23,24). The first-order valence-electron chi connectivity index (χ1n) is 8.65. The number of hydrogen-bond donors (Lipinski definition) is 3. The molecule has 0 fully saturated rings. The summed E-state index contributed by atoms with van der Waals surface area (Å²) in [4.78, 5) is 15.6. The number of amides is 1. The van der Waals surface area contributed by atoms with Crippen molar-refractivity contribution in [3.8, 4) is 5.75 Å². The number of guanidine groups is 1. The van der Waals surface area contributed by atoms with Crippen molar-refractivity contribution in [2.45, 2.75) is 19.9 Å². The van der Waals surface area contributed by atoms with Crippen LogP contribution in [-0.2, 0) is 17.8 Å². The van der Waals surface area contributed by atoms with Gasteiger partial charge in [-0.05, 0) is 41.8 Å². The number of rotatable bonds is 7. The van der Waals surface area contributed by atoms with Crippen molar-refractivity contribution in [3.63, 3.8) is 0 Å². The summed E-state index contributed by atoms with van der Waals surface area (Å²) in [5.41, 5.74) is 2.81. The zero-order chi connectivity index (χ0) is 19.6. The molecule has 0 saturated carbocycles. The summed E-state index contributed by atoms with van der Waals surface area (Å²) >= 11 is 6.01. The molecule has 144 valence electrons. The lowest BCUT2D eigenvalue weighted by atomic mass is 10.1. The first-order chi connectivity index (χ1) is 13.0. The van der Waals surface area contributed by atoms with E-state index in [0.29, 0.717) is 23.9 Å². The molecule has 0 radical (unpaired) electrons. The molecule has 27 heavy (non-hydrogen) atoms. The number of nitrogens with zero attached hydrogens (tertiary/aromatic N) is 1. The highest BCUT2D eigenvalue weighted by Gasteiger charge is 2.07. The summed E-state index contributed by atoms with van der Waals surface area (Å²) in [6.07, 6.45) is 0.844. The number of halogens is 1. The molecule has 0 bridgehead atoms. The van der Waals surface area contributed by atoms with Gasteiger partial charge < -0.3 is 20.7 Å². The summed E-state index contributed by atoms with van der Waals surface area (Å²) in [5.74, 6) is 1.18. The van der Waals surface area contributed by atoms with Crippen LogP contribution in [0, 0.1) is 0 Å². The molecule has 0 atom stereocenters. The number of benzene rings is 2. The number of ether oxygens (including phenoxy) is 1. The van der Waals surface area contributed by atoms with Crippen molar-refractivity contribution in [2.75, 3.05) is 26.0 Å². The number of carbonyl (C=O) groups is 1. The van der Waals surface area contributed by atoms with Gasteiger partial charge >= 0.3 is 0 Å². The van der Waals surface area contributed by atoms with Gasteiger partial charge in [-0.15, -0.1) is 0 Å². The van der Waals surface area contributed by atoms with Crippen LogP contribution in [0.3, 0.4) is 0 Å². The van der Waals surface area contributed by atoms with Gasteiger partial charge in [-0.3, -0.25) is 9.79 Å². The molecule has 0 heterocycles. The Morgan fingerprint density at radius 1 is 1.15 bits per heavy atom. The number of nitrogens with one attached hydrogen (secondary N) is 3. The normalized spacial score (nSPS) is 11.0. The summed E-state index contributed by atoms with van der Waals surface area (Å²) in [5, 5.41) is 10.1. The van der Waals surface area contributed by atoms with E-state index in [0.717, 1.165) is 23.6 Å². The monoisotopic (exact) mass is 388 g/mol. The number of aliphatic imine (C=N–C) groups is 1. The van der Waals surface area contributed by atoms with Gasteiger partial charge in [-0.2, -0.15) is 0 Å². The van der Waals surface area contributed by atoms with Crippen LogP contribution in [0.25, 0.3) is 0 Å². The van der Waals surface area contributed by atoms with Crippen molar-refractivity contribution < 1.29 is 9.53 Å². The Morgan fingerprint density at radius 2 is 1.96 bits per heavy atom. The average Bonchev–Trinajstić information content (AvgIpc) is 2.64. The molecular formula is C20H25ClN4O2. The van der Waals surface area contributed by atoms with E-state index in [9.17, 15) is 4.79 Å². The van der Waals surface area contributed by atoms with E-state index in [1.807, 2.05) is 42.5 Å². The molecule has 0 aliphatic heterocycles. The minimum absolute atomic E-state index is 0.142. The first-order valence-corrected chi connectivity index (χ1v) is 9.03. The first kappa shape index (κ1) is 20.6. The number of carbonyl (C=O) groups excluding carboxylic acids is 1. The third-order valence-corrected chi connectivity index (χ3v) is 4.09. The van der Waals surface area contributed by atoms with E-state index < -0.39 is 0 Å². The smallest absolute Gasteiger partial charge is 0.221 e.